The van der Waals surface area contributed by atoms with Crippen LogP contribution in [-0.4, -0.2) is 47.5 Å². The van der Waals surface area contributed by atoms with Crippen LogP contribution in [0.4, 0.5) is 0 Å². The van der Waals surface area contributed by atoms with Crippen molar-refractivity contribution in [2.45, 2.75) is 64.5 Å². The van der Waals surface area contributed by atoms with Crippen molar-refractivity contribution < 1.29 is 4.79 Å². The molecule has 0 aliphatic carbocycles. The Kier molecular flexibility index (Phi) is 6.69. The second-order valence-electron chi connectivity index (χ2n) is 6.55. The maximum absolute atomic E-state index is 12.6. The quantitative estimate of drug-likeness (QED) is 0.847. The molecule has 1 amide bonds. The largest absolute Gasteiger partial charge is 0.339 e. The van der Waals surface area contributed by atoms with Crippen molar-refractivity contribution in [1.82, 2.24) is 10.2 Å². The molecule has 3 nitrogen and oxygen atoms in total. The number of carbonyl (C=O) groups is 1. The van der Waals surface area contributed by atoms with E-state index >= 15 is 0 Å². The summed E-state index contributed by atoms with van der Waals surface area (Å²) in [5.41, 5.74) is 0. The van der Waals surface area contributed by atoms with Crippen molar-refractivity contribution in [3.63, 3.8) is 0 Å². The van der Waals surface area contributed by atoms with Crippen molar-refractivity contribution in [2.24, 2.45) is 5.92 Å². The van der Waals surface area contributed by atoms with E-state index in [1.165, 1.54) is 43.6 Å². The van der Waals surface area contributed by atoms with Crippen molar-refractivity contribution in [1.29, 1.82) is 0 Å². The Labute approximate surface area is 128 Å². The van der Waals surface area contributed by atoms with Crippen LogP contribution < -0.4 is 5.32 Å². The molecule has 0 bridgehead atoms. The average Bonchev–Trinajstić information content (AvgIpc) is 2.46. The molecule has 2 saturated heterocycles. The van der Waals surface area contributed by atoms with E-state index in [0.29, 0.717) is 23.9 Å². The zero-order chi connectivity index (χ0) is 14.4. The van der Waals surface area contributed by atoms with Crippen LogP contribution in [0.1, 0.15) is 52.4 Å². The number of thioether (sulfide) groups is 1. The Morgan fingerprint density at radius 2 is 2.00 bits per heavy atom. The van der Waals surface area contributed by atoms with Gasteiger partial charge in [0.1, 0.15) is 0 Å². The van der Waals surface area contributed by atoms with Gasteiger partial charge in [0.2, 0.25) is 5.91 Å². The molecule has 0 radical (unpaired) electrons. The van der Waals surface area contributed by atoms with Crippen molar-refractivity contribution in [3.05, 3.63) is 0 Å². The van der Waals surface area contributed by atoms with Crippen LogP contribution in [0.3, 0.4) is 0 Å². The molecule has 0 spiro atoms. The molecule has 2 heterocycles. The lowest BCUT2D eigenvalue weighted by atomic mass is 9.97. The summed E-state index contributed by atoms with van der Waals surface area (Å²) in [5.74, 6) is 3.49. The molecule has 2 aliphatic heterocycles. The van der Waals surface area contributed by atoms with Gasteiger partial charge in [0.25, 0.3) is 0 Å². The van der Waals surface area contributed by atoms with E-state index in [2.05, 4.69) is 24.1 Å². The lowest BCUT2D eigenvalue weighted by Gasteiger charge is -2.34. The molecule has 1 unspecified atom stereocenters. The molecule has 116 valence electrons. The fourth-order valence-electron chi connectivity index (χ4n) is 3.23. The summed E-state index contributed by atoms with van der Waals surface area (Å²) in [5, 5.41) is 3.57. The first-order valence-corrected chi connectivity index (χ1v) is 9.43. The average molecular weight is 298 g/mol. The maximum Gasteiger partial charge on any atom is 0.223 e. The van der Waals surface area contributed by atoms with E-state index in [1.54, 1.807) is 0 Å². The van der Waals surface area contributed by atoms with E-state index in [-0.39, 0.29) is 0 Å². The van der Waals surface area contributed by atoms with Crippen molar-refractivity contribution >= 4 is 17.7 Å². The standard InChI is InChI=1S/C16H30N2OS/c1-13(2)18(12-15-5-3-4-8-17-15)16(19)11-14-6-9-20-10-7-14/h13-15,17H,3-12H2,1-2H3. The van der Waals surface area contributed by atoms with Crippen LogP contribution in [0.25, 0.3) is 0 Å². The molecule has 0 aromatic carbocycles. The molecule has 2 rings (SSSR count). The highest BCUT2D eigenvalue weighted by atomic mass is 32.2. The highest BCUT2D eigenvalue weighted by Gasteiger charge is 2.25. The molecular weight excluding hydrogens is 268 g/mol. The lowest BCUT2D eigenvalue weighted by Crippen LogP contribution is -2.48. The van der Waals surface area contributed by atoms with Gasteiger partial charge in [-0.3, -0.25) is 4.79 Å². The number of rotatable bonds is 5. The number of nitrogens with one attached hydrogen (secondary N) is 1. The van der Waals surface area contributed by atoms with Crippen LogP contribution in [-0.2, 0) is 4.79 Å². The third-order valence-electron chi connectivity index (χ3n) is 4.58. The number of nitrogens with zero attached hydrogens (tertiary/aromatic N) is 1. The molecular formula is C16H30N2OS. The molecule has 20 heavy (non-hydrogen) atoms. The Bertz CT molecular complexity index is 297. The molecule has 2 aliphatic rings. The first-order chi connectivity index (χ1) is 9.66. The third kappa shape index (κ3) is 4.96. The van der Waals surface area contributed by atoms with Gasteiger partial charge in [0, 0.05) is 25.0 Å². The SMILES string of the molecule is CC(C)N(CC1CCCCN1)C(=O)CC1CCSCC1. The van der Waals surface area contributed by atoms with Gasteiger partial charge >= 0.3 is 0 Å². The lowest BCUT2D eigenvalue weighted by molar-refractivity contribution is -0.134. The zero-order valence-electron chi connectivity index (χ0n) is 13.1. The number of piperidine rings is 1. The fraction of sp³-hybridized carbons (Fsp3) is 0.938. The Hall–Kier alpha value is -0.220. The van der Waals surface area contributed by atoms with Gasteiger partial charge in [0.05, 0.1) is 0 Å². The predicted octanol–water partition coefficient (Wildman–Crippen LogP) is 2.90. The van der Waals surface area contributed by atoms with Gasteiger partial charge in [-0.05, 0) is 63.5 Å². The molecule has 0 saturated carbocycles. The Balaban J connectivity index is 1.84. The van der Waals surface area contributed by atoms with Crippen molar-refractivity contribution in [3.8, 4) is 0 Å². The van der Waals surface area contributed by atoms with Crippen LogP contribution >= 0.6 is 11.8 Å². The molecule has 4 heteroatoms. The van der Waals surface area contributed by atoms with Gasteiger partial charge in [-0.1, -0.05) is 6.42 Å². The van der Waals surface area contributed by atoms with E-state index < -0.39 is 0 Å². The van der Waals surface area contributed by atoms with Gasteiger partial charge in [-0.25, -0.2) is 0 Å². The van der Waals surface area contributed by atoms with Crippen LogP contribution in [0.2, 0.25) is 0 Å². The minimum Gasteiger partial charge on any atom is -0.339 e. The molecule has 0 aromatic heterocycles. The van der Waals surface area contributed by atoms with Gasteiger partial charge in [0.15, 0.2) is 0 Å². The summed E-state index contributed by atoms with van der Waals surface area (Å²) in [6, 6.07) is 0.834. The van der Waals surface area contributed by atoms with Crippen LogP contribution in [0, 0.1) is 5.92 Å². The zero-order valence-corrected chi connectivity index (χ0v) is 13.9. The molecule has 2 fully saturated rings. The van der Waals surface area contributed by atoms with Crippen LogP contribution in [0.15, 0.2) is 0 Å². The summed E-state index contributed by atoms with van der Waals surface area (Å²) >= 11 is 2.03. The molecule has 1 N–H and O–H groups in total. The first kappa shape index (κ1) is 16.2. The summed E-state index contributed by atoms with van der Waals surface area (Å²) < 4.78 is 0. The third-order valence-corrected chi connectivity index (χ3v) is 5.63. The fourth-order valence-corrected chi connectivity index (χ4v) is 4.44. The first-order valence-electron chi connectivity index (χ1n) is 8.27. The second kappa shape index (κ2) is 8.28. The normalized spacial score (nSPS) is 24.9. The summed E-state index contributed by atoms with van der Waals surface area (Å²) in [4.78, 5) is 14.7. The highest BCUT2D eigenvalue weighted by molar-refractivity contribution is 7.99. The maximum atomic E-state index is 12.6. The van der Waals surface area contributed by atoms with Gasteiger partial charge in [-0.2, -0.15) is 11.8 Å². The van der Waals surface area contributed by atoms with E-state index in [9.17, 15) is 4.79 Å². The number of hydrogen-bond acceptors (Lipinski definition) is 3. The van der Waals surface area contributed by atoms with Crippen LogP contribution in [0.5, 0.6) is 0 Å². The van der Waals surface area contributed by atoms with Gasteiger partial charge in [-0.15, -0.1) is 0 Å². The summed E-state index contributed by atoms with van der Waals surface area (Å²) in [6.07, 6.45) is 7.03. The highest BCUT2D eigenvalue weighted by Crippen LogP contribution is 2.26. The monoisotopic (exact) mass is 298 g/mol. The van der Waals surface area contributed by atoms with Gasteiger partial charge < -0.3 is 10.2 Å². The summed E-state index contributed by atoms with van der Waals surface area (Å²) in [6.45, 7) is 6.32. The minimum atomic E-state index is 0.323. The number of amides is 1. The Morgan fingerprint density at radius 1 is 1.25 bits per heavy atom. The topological polar surface area (TPSA) is 32.3 Å². The molecule has 0 aromatic rings. The predicted molar refractivity (Wildman–Crippen MR) is 87.2 cm³/mol. The minimum absolute atomic E-state index is 0.323. The Morgan fingerprint density at radius 3 is 2.60 bits per heavy atom. The summed E-state index contributed by atoms with van der Waals surface area (Å²) in [7, 11) is 0. The van der Waals surface area contributed by atoms with E-state index in [4.69, 9.17) is 0 Å². The molecule has 1 atom stereocenters. The van der Waals surface area contributed by atoms with E-state index in [1.807, 2.05) is 11.8 Å². The van der Waals surface area contributed by atoms with Crippen molar-refractivity contribution in [2.75, 3.05) is 24.6 Å². The smallest absolute Gasteiger partial charge is 0.223 e. The second-order valence-corrected chi connectivity index (χ2v) is 7.77. The number of hydrogen-bond donors (Lipinski definition) is 1. The van der Waals surface area contributed by atoms with E-state index in [0.717, 1.165) is 19.5 Å². The number of carbonyl (C=O) groups excluding carboxylic acids is 1.